The Morgan fingerprint density at radius 3 is 2.48 bits per heavy atom. The van der Waals surface area contributed by atoms with E-state index in [-0.39, 0.29) is 17.9 Å². The normalized spacial score (nSPS) is 11.6. The topological polar surface area (TPSA) is 93.2 Å². The molecule has 1 unspecified atom stereocenters. The molecule has 0 spiro atoms. The minimum Gasteiger partial charge on any atom is -0.496 e. The Morgan fingerprint density at radius 1 is 1.00 bits per heavy atom. The Hall–Kier alpha value is -3.56. The molecule has 0 saturated heterocycles. The fourth-order valence-corrected chi connectivity index (χ4v) is 4.82. The fraction of sp³-hybridized carbons (Fsp3) is 0.167. The molecule has 4 aromatic rings. The van der Waals surface area contributed by atoms with Crippen molar-refractivity contribution in [3.63, 3.8) is 0 Å². The molecular formula is C24H22N4O3S2. The predicted molar refractivity (Wildman–Crippen MR) is 132 cm³/mol. The highest BCUT2D eigenvalue weighted by Gasteiger charge is 2.16. The van der Waals surface area contributed by atoms with Gasteiger partial charge in [0, 0.05) is 23.2 Å². The van der Waals surface area contributed by atoms with E-state index in [9.17, 15) is 9.59 Å². The number of para-hydroxylation sites is 1. The zero-order valence-electron chi connectivity index (χ0n) is 18.3. The summed E-state index contributed by atoms with van der Waals surface area (Å²) in [5.74, 6) is 0.329. The third-order valence-corrected chi connectivity index (χ3v) is 6.56. The molecule has 0 fully saturated rings. The van der Waals surface area contributed by atoms with Crippen LogP contribution in [0.5, 0.6) is 5.75 Å². The van der Waals surface area contributed by atoms with Gasteiger partial charge < -0.3 is 10.1 Å². The second kappa shape index (κ2) is 9.93. The van der Waals surface area contributed by atoms with Gasteiger partial charge in [-0.3, -0.25) is 14.9 Å². The Labute approximate surface area is 199 Å². The molecule has 7 nitrogen and oxygen atoms in total. The van der Waals surface area contributed by atoms with Gasteiger partial charge in [-0.05, 0) is 24.6 Å². The van der Waals surface area contributed by atoms with Crippen LogP contribution >= 0.6 is 22.7 Å². The number of ether oxygens (including phenoxy) is 1. The third-order valence-electron chi connectivity index (χ3n) is 4.93. The molecule has 2 aromatic heterocycles. The first-order chi connectivity index (χ1) is 15.9. The van der Waals surface area contributed by atoms with E-state index >= 15 is 0 Å². The zero-order valence-corrected chi connectivity index (χ0v) is 19.9. The van der Waals surface area contributed by atoms with E-state index in [4.69, 9.17) is 4.74 Å². The van der Waals surface area contributed by atoms with Crippen molar-refractivity contribution >= 4 is 39.6 Å². The van der Waals surface area contributed by atoms with Crippen molar-refractivity contribution in [2.24, 2.45) is 0 Å². The van der Waals surface area contributed by atoms with Crippen LogP contribution in [0.15, 0.2) is 59.3 Å². The molecule has 0 aliphatic heterocycles. The maximum Gasteiger partial charge on any atom is 0.276 e. The average Bonchev–Trinajstić information content (AvgIpc) is 3.49. The first kappa shape index (κ1) is 22.6. The van der Waals surface area contributed by atoms with Gasteiger partial charge in [0.15, 0.2) is 5.13 Å². The number of rotatable bonds is 7. The molecule has 4 rings (SSSR count). The highest BCUT2D eigenvalue weighted by molar-refractivity contribution is 7.14. The molecule has 168 valence electrons. The van der Waals surface area contributed by atoms with E-state index < -0.39 is 0 Å². The molecule has 2 heterocycles. The minimum atomic E-state index is -0.312. The SMILES string of the molecule is COc1ccccc1-c1nc(C(=O)Nc2nc(-c3ccc(C(C)NC(C)=O)cc3)cs2)cs1. The van der Waals surface area contributed by atoms with Gasteiger partial charge in [0.05, 0.1) is 24.4 Å². The summed E-state index contributed by atoms with van der Waals surface area (Å²) in [5, 5.41) is 10.5. The molecular weight excluding hydrogens is 456 g/mol. The number of hydrogen-bond donors (Lipinski definition) is 2. The smallest absolute Gasteiger partial charge is 0.276 e. The highest BCUT2D eigenvalue weighted by atomic mass is 32.1. The summed E-state index contributed by atoms with van der Waals surface area (Å²) in [6, 6.07) is 15.3. The van der Waals surface area contributed by atoms with E-state index in [0.29, 0.717) is 21.6 Å². The van der Waals surface area contributed by atoms with Gasteiger partial charge >= 0.3 is 0 Å². The van der Waals surface area contributed by atoms with Crippen LogP contribution in [0, 0.1) is 0 Å². The Morgan fingerprint density at radius 2 is 1.76 bits per heavy atom. The van der Waals surface area contributed by atoms with Crippen LogP contribution in [-0.4, -0.2) is 28.9 Å². The van der Waals surface area contributed by atoms with Crippen LogP contribution in [0.4, 0.5) is 5.13 Å². The second-order valence-electron chi connectivity index (χ2n) is 7.27. The number of carbonyl (C=O) groups is 2. The number of methoxy groups -OCH3 is 1. The quantitative estimate of drug-likeness (QED) is 0.371. The van der Waals surface area contributed by atoms with E-state index in [0.717, 1.165) is 22.4 Å². The molecule has 1 atom stereocenters. The van der Waals surface area contributed by atoms with Crippen LogP contribution in [0.2, 0.25) is 0 Å². The largest absolute Gasteiger partial charge is 0.496 e. The van der Waals surface area contributed by atoms with Gasteiger partial charge in [0.1, 0.15) is 16.5 Å². The van der Waals surface area contributed by atoms with Gasteiger partial charge in [-0.25, -0.2) is 9.97 Å². The lowest BCUT2D eigenvalue weighted by Crippen LogP contribution is -2.23. The Kier molecular flexibility index (Phi) is 6.81. The first-order valence-electron chi connectivity index (χ1n) is 10.2. The summed E-state index contributed by atoms with van der Waals surface area (Å²) >= 11 is 2.74. The maximum absolute atomic E-state index is 12.7. The molecule has 0 bridgehead atoms. The van der Waals surface area contributed by atoms with Crippen molar-refractivity contribution in [2.45, 2.75) is 19.9 Å². The van der Waals surface area contributed by atoms with Crippen LogP contribution in [-0.2, 0) is 4.79 Å². The van der Waals surface area contributed by atoms with Crippen LogP contribution in [0.3, 0.4) is 0 Å². The molecule has 2 aromatic carbocycles. The Bertz CT molecular complexity index is 1280. The highest BCUT2D eigenvalue weighted by Crippen LogP contribution is 2.32. The molecule has 2 amide bonds. The summed E-state index contributed by atoms with van der Waals surface area (Å²) in [7, 11) is 1.61. The number of nitrogens with zero attached hydrogens (tertiary/aromatic N) is 2. The number of thiazole rings is 2. The number of nitrogens with one attached hydrogen (secondary N) is 2. The number of benzene rings is 2. The van der Waals surface area contributed by atoms with Gasteiger partial charge in [0.25, 0.3) is 5.91 Å². The minimum absolute atomic E-state index is 0.0680. The number of carbonyl (C=O) groups excluding carboxylic acids is 2. The lowest BCUT2D eigenvalue weighted by molar-refractivity contribution is -0.119. The third kappa shape index (κ3) is 5.27. The predicted octanol–water partition coefficient (Wildman–Crippen LogP) is 5.39. The summed E-state index contributed by atoms with van der Waals surface area (Å²) in [6.07, 6.45) is 0. The molecule has 0 radical (unpaired) electrons. The van der Waals surface area contributed by atoms with Gasteiger partial charge in [0.2, 0.25) is 5.91 Å². The summed E-state index contributed by atoms with van der Waals surface area (Å²) < 4.78 is 5.39. The van der Waals surface area contributed by atoms with Crippen molar-refractivity contribution < 1.29 is 14.3 Å². The summed E-state index contributed by atoms with van der Waals surface area (Å²) in [5.41, 5.74) is 3.87. The van der Waals surface area contributed by atoms with Crippen molar-refractivity contribution in [2.75, 3.05) is 12.4 Å². The molecule has 33 heavy (non-hydrogen) atoms. The number of aromatic nitrogens is 2. The Balaban J connectivity index is 1.44. The number of anilines is 1. The van der Waals surface area contributed by atoms with Crippen LogP contribution < -0.4 is 15.4 Å². The average molecular weight is 479 g/mol. The number of amides is 2. The van der Waals surface area contributed by atoms with Crippen molar-refractivity contribution in [3.8, 4) is 27.6 Å². The monoisotopic (exact) mass is 478 g/mol. The van der Waals surface area contributed by atoms with Gasteiger partial charge in [-0.15, -0.1) is 22.7 Å². The van der Waals surface area contributed by atoms with Crippen molar-refractivity contribution in [3.05, 3.63) is 70.5 Å². The van der Waals surface area contributed by atoms with Crippen molar-refractivity contribution in [1.82, 2.24) is 15.3 Å². The lowest BCUT2D eigenvalue weighted by atomic mass is 10.1. The van der Waals surface area contributed by atoms with E-state index in [1.807, 2.05) is 60.8 Å². The van der Waals surface area contributed by atoms with E-state index in [2.05, 4.69) is 20.6 Å². The van der Waals surface area contributed by atoms with Crippen LogP contribution in [0.25, 0.3) is 21.8 Å². The lowest BCUT2D eigenvalue weighted by Gasteiger charge is -2.12. The molecule has 9 heteroatoms. The van der Waals surface area contributed by atoms with E-state index in [1.54, 1.807) is 12.5 Å². The second-order valence-corrected chi connectivity index (χ2v) is 8.99. The van der Waals surface area contributed by atoms with Gasteiger partial charge in [-0.2, -0.15) is 0 Å². The van der Waals surface area contributed by atoms with E-state index in [1.165, 1.54) is 29.6 Å². The maximum atomic E-state index is 12.7. The summed E-state index contributed by atoms with van der Waals surface area (Å²) in [4.78, 5) is 33.0. The van der Waals surface area contributed by atoms with Crippen LogP contribution in [0.1, 0.15) is 35.9 Å². The summed E-state index contributed by atoms with van der Waals surface area (Å²) in [6.45, 7) is 3.44. The molecule has 0 aliphatic carbocycles. The fourth-order valence-electron chi connectivity index (χ4n) is 3.28. The van der Waals surface area contributed by atoms with Crippen molar-refractivity contribution in [1.29, 1.82) is 0 Å². The molecule has 0 saturated carbocycles. The standard InChI is InChI=1S/C24H22N4O3S2/c1-14(25-15(2)29)16-8-10-17(11-9-16)19-12-33-24(27-19)28-22(30)20-13-32-23(26-20)18-6-4-5-7-21(18)31-3/h4-14H,1-3H3,(H,25,29)(H,27,28,30). The van der Waals surface area contributed by atoms with Gasteiger partial charge in [-0.1, -0.05) is 36.4 Å². The first-order valence-corrected chi connectivity index (χ1v) is 11.9. The zero-order chi connectivity index (χ0) is 23.4. The molecule has 0 aliphatic rings. The number of hydrogen-bond acceptors (Lipinski definition) is 7. The molecule has 2 N–H and O–H groups in total.